The summed E-state index contributed by atoms with van der Waals surface area (Å²) in [5.41, 5.74) is 1.56. The number of hydrogen-bond acceptors (Lipinski definition) is 2. The Kier molecular flexibility index (Phi) is 4.36. The van der Waals surface area contributed by atoms with Gasteiger partial charge in [0.2, 0.25) is 0 Å². The van der Waals surface area contributed by atoms with Crippen LogP contribution in [0.1, 0.15) is 38.0 Å². The highest BCUT2D eigenvalue weighted by Gasteiger charge is 2.15. The molecule has 2 nitrogen and oxygen atoms in total. The average Bonchev–Trinajstić information content (AvgIpc) is 2.17. The van der Waals surface area contributed by atoms with Gasteiger partial charge in [-0.3, -0.25) is 0 Å². The molecule has 90 valence electrons. The molecule has 0 radical (unpaired) electrons. The second-order valence-corrected chi connectivity index (χ2v) is 5.35. The first-order valence-electron chi connectivity index (χ1n) is 5.37. The van der Waals surface area contributed by atoms with Gasteiger partial charge in [0.15, 0.2) is 0 Å². The van der Waals surface area contributed by atoms with Crippen LogP contribution in [0.5, 0.6) is 0 Å². The van der Waals surface area contributed by atoms with Crippen LogP contribution in [-0.4, -0.2) is 17.3 Å². The summed E-state index contributed by atoms with van der Waals surface area (Å²) in [5.74, 6) is 0. The Hall–Kier alpha value is -0.570. The number of rotatable bonds is 3. The predicted octanol–water partition coefficient (Wildman–Crippen LogP) is 3.50. The van der Waals surface area contributed by atoms with Crippen LogP contribution in [0.3, 0.4) is 0 Å². The highest BCUT2D eigenvalue weighted by atomic mass is 35.5. The van der Waals surface area contributed by atoms with Crippen LogP contribution in [0.2, 0.25) is 5.02 Å². The average molecular weight is 243 g/mol. The lowest BCUT2D eigenvalue weighted by Gasteiger charge is -2.22. The molecule has 1 aromatic rings. The Morgan fingerprint density at radius 3 is 2.50 bits per heavy atom. The van der Waals surface area contributed by atoms with E-state index in [4.69, 9.17) is 16.3 Å². The molecule has 0 heterocycles. The minimum absolute atomic E-state index is 0.241. The fourth-order valence-corrected chi connectivity index (χ4v) is 1.43. The van der Waals surface area contributed by atoms with Crippen molar-refractivity contribution in [3.8, 4) is 0 Å². The molecule has 0 saturated heterocycles. The number of hydrogen-bond donors (Lipinski definition) is 1. The van der Waals surface area contributed by atoms with Crippen LogP contribution in [0.25, 0.3) is 0 Å². The summed E-state index contributed by atoms with van der Waals surface area (Å²) >= 11 is 6.00. The van der Waals surface area contributed by atoms with Crippen molar-refractivity contribution in [2.24, 2.45) is 0 Å². The largest absolute Gasteiger partial charge is 0.386 e. The maximum Gasteiger partial charge on any atom is 0.102 e. The maximum atomic E-state index is 9.92. The molecule has 0 saturated carbocycles. The second kappa shape index (κ2) is 5.17. The van der Waals surface area contributed by atoms with Crippen molar-refractivity contribution >= 4 is 11.6 Å². The van der Waals surface area contributed by atoms with E-state index in [9.17, 15) is 5.11 Å². The van der Waals surface area contributed by atoms with Crippen molar-refractivity contribution < 1.29 is 9.84 Å². The topological polar surface area (TPSA) is 29.5 Å². The van der Waals surface area contributed by atoms with Crippen molar-refractivity contribution in [2.45, 2.75) is 39.4 Å². The number of ether oxygens (including phenoxy) is 1. The molecule has 3 heteroatoms. The first kappa shape index (κ1) is 13.5. The Labute approximate surface area is 102 Å². The molecule has 1 N–H and O–H groups in total. The molecule has 1 rings (SSSR count). The smallest absolute Gasteiger partial charge is 0.102 e. The van der Waals surface area contributed by atoms with Crippen molar-refractivity contribution in [3.63, 3.8) is 0 Å². The van der Waals surface area contributed by atoms with E-state index in [2.05, 4.69) is 0 Å². The van der Waals surface area contributed by atoms with Gasteiger partial charge >= 0.3 is 0 Å². The quantitative estimate of drug-likeness (QED) is 0.879. The molecule has 1 unspecified atom stereocenters. The van der Waals surface area contributed by atoms with Gasteiger partial charge in [-0.2, -0.15) is 0 Å². The first-order valence-corrected chi connectivity index (χ1v) is 5.75. The SMILES string of the molecule is Cc1ccc(C(O)COC(C)(C)C)cc1Cl. The summed E-state index contributed by atoms with van der Waals surface area (Å²) in [4.78, 5) is 0. The van der Waals surface area contributed by atoms with E-state index in [0.717, 1.165) is 11.1 Å². The molecule has 0 aliphatic rings. The molecular formula is C13H19ClO2. The predicted molar refractivity (Wildman–Crippen MR) is 66.9 cm³/mol. The molecule has 0 fully saturated rings. The first-order chi connectivity index (χ1) is 7.29. The second-order valence-electron chi connectivity index (χ2n) is 4.95. The molecule has 0 spiro atoms. The van der Waals surface area contributed by atoms with Crippen LogP contribution >= 0.6 is 11.6 Å². The van der Waals surface area contributed by atoms with Gasteiger partial charge in [0.1, 0.15) is 6.10 Å². The minimum Gasteiger partial charge on any atom is -0.386 e. The molecular weight excluding hydrogens is 224 g/mol. The fourth-order valence-electron chi connectivity index (χ4n) is 1.24. The Morgan fingerprint density at radius 2 is 2.00 bits per heavy atom. The standard InChI is InChI=1S/C13H19ClO2/c1-9-5-6-10(7-11(9)14)12(15)8-16-13(2,3)4/h5-7,12,15H,8H2,1-4H3. The van der Waals surface area contributed by atoms with E-state index in [-0.39, 0.29) is 12.2 Å². The lowest BCUT2D eigenvalue weighted by Crippen LogP contribution is -2.22. The normalized spacial score (nSPS) is 13.9. The third-order valence-corrected chi connectivity index (χ3v) is 2.66. The summed E-state index contributed by atoms with van der Waals surface area (Å²) in [6, 6.07) is 5.56. The van der Waals surface area contributed by atoms with E-state index in [1.165, 1.54) is 0 Å². The zero-order valence-corrected chi connectivity index (χ0v) is 11.0. The highest BCUT2D eigenvalue weighted by molar-refractivity contribution is 6.31. The lowest BCUT2D eigenvalue weighted by molar-refractivity contribution is -0.0496. The zero-order chi connectivity index (χ0) is 12.3. The van der Waals surface area contributed by atoms with Gasteiger partial charge in [-0.05, 0) is 44.9 Å². The maximum absolute atomic E-state index is 9.92. The van der Waals surface area contributed by atoms with Crippen molar-refractivity contribution in [1.29, 1.82) is 0 Å². The van der Waals surface area contributed by atoms with Crippen LogP contribution in [-0.2, 0) is 4.74 Å². The molecule has 1 aromatic carbocycles. The van der Waals surface area contributed by atoms with Gasteiger partial charge in [-0.15, -0.1) is 0 Å². The molecule has 0 amide bonds. The van der Waals surface area contributed by atoms with Gasteiger partial charge in [0.25, 0.3) is 0 Å². The van der Waals surface area contributed by atoms with Gasteiger partial charge in [0.05, 0.1) is 12.2 Å². The van der Waals surface area contributed by atoms with E-state index in [0.29, 0.717) is 5.02 Å². The van der Waals surface area contributed by atoms with Crippen LogP contribution in [0.4, 0.5) is 0 Å². The minimum atomic E-state index is -0.627. The molecule has 0 aromatic heterocycles. The fraction of sp³-hybridized carbons (Fsp3) is 0.538. The third kappa shape index (κ3) is 4.12. The summed E-state index contributed by atoms with van der Waals surface area (Å²) < 4.78 is 5.52. The van der Waals surface area contributed by atoms with E-state index >= 15 is 0 Å². The molecule has 0 bridgehead atoms. The summed E-state index contributed by atoms with van der Waals surface area (Å²) in [6.45, 7) is 8.10. The zero-order valence-electron chi connectivity index (χ0n) is 10.2. The number of benzene rings is 1. The third-order valence-electron chi connectivity index (χ3n) is 2.25. The molecule has 0 aliphatic heterocycles. The Bertz CT molecular complexity index is 355. The summed E-state index contributed by atoms with van der Waals surface area (Å²) in [7, 11) is 0. The van der Waals surface area contributed by atoms with Crippen molar-refractivity contribution in [2.75, 3.05) is 6.61 Å². The van der Waals surface area contributed by atoms with Gasteiger partial charge in [-0.25, -0.2) is 0 Å². The van der Waals surface area contributed by atoms with E-state index in [1.807, 2.05) is 39.8 Å². The number of halogens is 1. The Balaban J connectivity index is 2.66. The molecule has 16 heavy (non-hydrogen) atoms. The van der Waals surface area contributed by atoms with Gasteiger partial charge in [-0.1, -0.05) is 23.7 Å². The van der Waals surface area contributed by atoms with Crippen LogP contribution in [0.15, 0.2) is 18.2 Å². The van der Waals surface area contributed by atoms with Crippen LogP contribution < -0.4 is 0 Å². The number of aryl methyl sites for hydroxylation is 1. The van der Waals surface area contributed by atoms with Crippen LogP contribution in [0, 0.1) is 6.92 Å². The molecule has 1 atom stereocenters. The summed E-state index contributed by atoms with van der Waals surface area (Å²) in [5, 5.41) is 10.6. The monoisotopic (exact) mass is 242 g/mol. The lowest BCUT2D eigenvalue weighted by atomic mass is 10.1. The Morgan fingerprint density at radius 1 is 1.38 bits per heavy atom. The van der Waals surface area contributed by atoms with Crippen molar-refractivity contribution in [3.05, 3.63) is 34.3 Å². The highest BCUT2D eigenvalue weighted by Crippen LogP contribution is 2.22. The van der Waals surface area contributed by atoms with Gasteiger partial charge in [0, 0.05) is 5.02 Å². The number of aliphatic hydroxyl groups is 1. The van der Waals surface area contributed by atoms with Crippen molar-refractivity contribution in [1.82, 2.24) is 0 Å². The summed E-state index contributed by atoms with van der Waals surface area (Å²) in [6.07, 6.45) is -0.627. The molecule has 0 aliphatic carbocycles. The number of aliphatic hydroxyl groups excluding tert-OH is 1. The van der Waals surface area contributed by atoms with E-state index in [1.54, 1.807) is 6.07 Å². The van der Waals surface area contributed by atoms with Gasteiger partial charge < -0.3 is 9.84 Å². The van der Waals surface area contributed by atoms with E-state index < -0.39 is 6.10 Å².